The summed E-state index contributed by atoms with van der Waals surface area (Å²) in [5.74, 6) is 0.247. The molecule has 0 aliphatic carbocycles. The SMILES string of the molecule is CCOC(=O)C1=C(c2ccccc2)N=c2s/c(=C/c3cc(C)n(-c4ccc(OCc5ccc(C#N)cc5)cc4)c3C)c(=O)n2C1c1cccs1. The quantitative estimate of drug-likeness (QED) is 0.154. The van der Waals surface area contributed by atoms with Crippen LogP contribution in [0.4, 0.5) is 0 Å². The number of ether oxygens (including phenoxy) is 2. The Bertz CT molecular complexity index is 2450. The van der Waals surface area contributed by atoms with Gasteiger partial charge < -0.3 is 14.0 Å². The summed E-state index contributed by atoms with van der Waals surface area (Å²) < 4.78 is 15.8. The van der Waals surface area contributed by atoms with Crippen LogP contribution in [0.1, 0.15) is 51.5 Å². The van der Waals surface area contributed by atoms with Crippen molar-refractivity contribution >= 4 is 40.4 Å². The van der Waals surface area contributed by atoms with Crippen LogP contribution < -0.4 is 19.6 Å². The molecule has 0 spiro atoms. The molecule has 6 aromatic rings. The molecular formula is C40H32N4O4S2. The molecule has 0 saturated carbocycles. The van der Waals surface area contributed by atoms with Gasteiger partial charge in [-0.15, -0.1) is 11.3 Å². The minimum Gasteiger partial charge on any atom is -0.489 e. The highest BCUT2D eigenvalue weighted by Crippen LogP contribution is 2.37. The molecule has 3 aromatic carbocycles. The summed E-state index contributed by atoms with van der Waals surface area (Å²) in [5.41, 5.74) is 6.90. The zero-order valence-corrected chi connectivity index (χ0v) is 29.3. The second-order valence-electron chi connectivity index (χ2n) is 11.7. The van der Waals surface area contributed by atoms with Gasteiger partial charge in [-0.3, -0.25) is 9.36 Å². The highest BCUT2D eigenvalue weighted by molar-refractivity contribution is 7.10. The number of benzene rings is 3. The number of carbonyl (C=O) groups excluding carboxylic acids is 1. The Morgan fingerprint density at radius 2 is 1.76 bits per heavy atom. The highest BCUT2D eigenvalue weighted by atomic mass is 32.1. The van der Waals surface area contributed by atoms with E-state index in [4.69, 9.17) is 19.7 Å². The van der Waals surface area contributed by atoms with E-state index in [2.05, 4.69) is 16.7 Å². The molecule has 7 rings (SSSR count). The molecule has 1 atom stereocenters. The van der Waals surface area contributed by atoms with Crippen molar-refractivity contribution < 1.29 is 14.3 Å². The summed E-state index contributed by atoms with van der Waals surface area (Å²) in [5, 5.41) is 11.0. The maximum absolute atomic E-state index is 14.3. The number of esters is 1. The van der Waals surface area contributed by atoms with Crippen LogP contribution in [0.15, 0.2) is 118 Å². The third-order valence-electron chi connectivity index (χ3n) is 8.53. The number of thiophene rings is 1. The van der Waals surface area contributed by atoms with Crippen molar-refractivity contribution in [2.24, 2.45) is 4.99 Å². The van der Waals surface area contributed by atoms with Crippen LogP contribution >= 0.6 is 22.7 Å². The Balaban J connectivity index is 1.25. The van der Waals surface area contributed by atoms with Crippen molar-refractivity contribution in [2.75, 3.05) is 6.61 Å². The summed E-state index contributed by atoms with van der Waals surface area (Å²) in [4.78, 5) is 34.2. The molecule has 0 fully saturated rings. The van der Waals surface area contributed by atoms with Gasteiger partial charge in [-0.2, -0.15) is 5.26 Å². The molecule has 3 aromatic heterocycles. The number of hydrogen-bond acceptors (Lipinski definition) is 8. The van der Waals surface area contributed by atoms with Gasteiger partial charge in [0.05, 0.1) is 34.0 Å². The first-order valence-corrected chi connectivity index (χ1v) is 17.8. The van der Waals surface area contributed by atoms with Crippen molar-refractivity contribution in [3.8, 4) is 17.5 Å². The number of nitriles is 1. The Morgan fingerprint density at radius 3 is 2.44 bits per heavy atom. The number of aromatic nitrogens is 2. The monoisotopic (exact) mass is 696 g/mol. The maximum Gasteiger partial charge on any atom is 0.338 e. The van der Waals surface area contributed by atoms with Gasteiger partial charge in [-0.25, -0.2) is 9.79 Å². The molecule has 0 radical (unpaired) electrons. The van der Waals surface area contributed by atoms with E-state index in [1.807, 2.05) is 104 Å². The summed E-state index contributed by atoms with van der Waals surface area (Å²) in [6.07, 6.45) is 1.92. The van der Waals surface area contributed by atoms with Gasteiger partial charge in [0.2, 0.25) is 0 Å². The number of hydrogen-bond donors (Lipinski definition) is 0. The lowest BCUT2D eigenvalue weighted by Crippen LogP contribution is -2.39. The zero-order valence-electron chi connectivity index (χ0n) is 27.6. The van der Waals surface area contributed by atoms with Crippen LogP contribution in [-0.4, -0.2) is 21.7 Å². The fraction of sp³-hybridized carbons (Fsp3) is 0.150. The Morgan fingerprint density at radius 1 is 1.00 bits per heavy atom. The standard InChI is InChI=1S/C40H32N4O4S2/c1-4-47-39(46)35-36(29-9-6-5-7-10-29)42-40-44(37(35)33-11-8-20-49-33)38(45)34(50-40)22-30-21-25(2)43(26(30)3)31-16-18-32(19-17-31)48-24-28-14-12-27(23-41)13-15-28/h5-22,37H,4,24H2,1-3H3/b34-22+. The molecule has 10 heteroatoms. The average Bonchev–Trinajstić information content (AvgIpc) is 3.86. The molecule has 0 bridgehead atoms. The van der Waals surface area contributed by atoms with Crippen LogP contribution in [0.2, 0.25) is 0 Å². The van der Waals surface area contributed by atoms with Gasteiger partial charge >= 0.3 is 5.97 Å². The lowest BCUT2D eigenvalue weighted by Gasteiger charge is -2.24. The minimum absolute atomic E-state index is 0.204. The largest absolute Gasteiger partial charge is 0.489 e. The zero-order chi connectivity index (χ0) is 34.8. The lowest BCUT2D eigenvalue weighted by molar-refractivity contribution is -0.138. The smallest absolute Gasteiger partial charge is 0.338 e. The molecular weight excluding hydrogens is 665 g/mol. The van der Waals surface area contributed by atoms with E-state index < -0.39 is 12.0 Å². The van der Waals surface area contributed by atoms with E-state index in [9.17, 15) is 9.59 Å². The lowest BCUT2D eigenvalue weighted by atomic mass is 9.97. The van der Waals surface area contributed by atoms with Gasteiger partial charge in [0.15, 0.2) is 4.80 Å². The molecule has 1 aliphatic heterocycles. The number of rotatable bonds is 9. The number of nitrogens with zero attached hydrogens (tertiary/aromatic N) is 4. The Hall–Kier alpha value is -5.76. The number of thiazole rings is 1. The van der Waals surface area contributed by atoms with E-state index in [0.29, 0.717) is 32.8 Å². The van der Waals surface area contributed by atoms with Crippen LogP contribution in [0.5, 0.6) is 5.75 Å². The van der Waals surface area contributed by atoms with Gasteiger partial charge in [-0.1, -0.05) is 59.9 Å². The Labute approximate surface area is 296 Å². The molecule has 4 heterocycles. The van der Waals surface area contributed by atoms with Crippen LogP contribution in [0.25, 0.3) is 17.5 Å². The van der Waals surface area contributed by atoms with Gasteiger partial charge in [0, 0.05) is 27.5 Å². The van der Waals surface area contributed by atoms with Crippen LogP contribution in [-0.2, 0) is 16.1 Å². The molecule has 8 nitrogen and oxygen atoms in total. The molecule has 0 N–H and O–H groups in total. The first-order chi connectivity index (χ1) is 24.4. The van der Waals surface area contributed by atoms with Crippen LogP contribution in [0, 0.1) is 25.2 Å². The normalized spacial score (nSPS) is 14.2. The molecule has 1 aliphatic rings. The van der Waals surface area contributed by atoms with Gasteiger partial charge in [0.1, 0.15) is 18.4 Å². The van der Waals surface area contributed by atoms with Crippen molar-refractivity contribution in [2.45, 2.75) is 33.4 Å². The highest BCUT2D eigenvalue weighted by Gasteiger charge is 2.35. The molecule has 1 unspecified atom stereocenters. The van der Waals surface area contributed by atoms with E-state index in [1.54, 1.807) is 23.6 Å². The summed E-state index contributed by atoms with van der Waals surface area (Å²) in [7, 11) is 0. The second-order valence-corrected chi connectivity index (χ2v) is 13.7. The number of carbonyl (C=O) groups is 1. The minimum atomic E-state index is -0.673. The fourth-order valence-electron chi connectivity index (χ4n) is 6.16. The molecule has 0 saturated heterocycles. The predicted octanol–water partition coefficient (Wildman–Crippen LogP) is 6.86. The fourth-order valence-corrected chi connectivity index (χ4v) is 7.98. The van der Waals surface area contributed by atoms with Crippen molar-refractivity contribution in [1.29, 1.82) is 5.26 Å². The van der Waals surface area contributed by atoms with Crippen molar-refractivity contribution in [3.63, 3.8) is 0 Å². The molecule has 50 heavy (non-hydrogen) atoms. The van der Waals surface area contributed by atoms with Crippen molar-refractivity contribution in [1.82, 2.24) is 9.13 Å². The van der Waals surface area contributed by atoms with Crippen molar-refractivity contribution in [3.05, 3.63) is 166 Å². The first kappa shape index (κ1) is 32.8. The third kappa shape index (κ3) is 6.25. The Kier molecular flexibility index (Phi) is 9.17. The molecule has 0 amide bonds. The predicted molar refractivity (Wildman–Crippen MR) is 196 cm³/mol. The van der Waals surface area contributed by atoms with E-state index in [1.165, 1.54) is 22.7 Å². The van der Waals surface area contributed by atoms with E-state index >= 15 is 0 Å². The number of fused-ring (bicyclic) bond motifs is 1. The number of aryl methyl sites for hydroxylation is 1. The third-order valence-corrected chi connectivity index (χ3v) is 10.4. The van der Waals surface area contributed by atoms with E-state index in [0.717, 1.165) is 44.4 Å². The second kappa shape index (κ2) is 14.0. The average molecular weight is 697 g/mol. The maximum atomic E-state index is 14.3. The van der Waals surface area contributed by atoms with Gasteiger partial charge in [0.25, 0.3) is 5.56 Å². The van der Waals surface area contributed by atoms with Gasteiger partial charge in [-0.05, 0) is 91.9 Å². The summed E-state index contributed by atoms with van der Waals surface area (Å²) in [6, 6.07) is 32.2. The van der Waals surface area contributed by atoms with Crippen LogP contribution in [0.3, 0.4) is 0 Å². The first-order valence-electron chi connectivity index (χ1n) is 16.1. The topological polar surface area (TPSA) is 98.6 Å². The molecule has 248 valence electrons. The summed E-state index contributed by atoms with van der Waals surface area (Å²) in [6.45, 7) is 6.45. The van der Waals surface area contributed by atoms with E-state index in [-0.39, 0.29) is 12.2 Å². The summed E-state index contributed by atoms with van der Waals surface area (Å²) >= 11 is 2.80.